The van der Waals surface area contributed by atoms with Gasteiger partial charge < -0.3 is 15.4 Å². The van der Waals surface area contributed by atoms with Gasteiger partial charge in [-0.05, 0) is 24.6 Å². The van der Waals surface area contributed by atoms with Gasteiger partial charge in [0.05, 0.1) is 25.2 Å². The van der Waals surface area contributed by atoms with Crippen LogP contribution >= 0.6 is 0 Å². The molecular weight excluding hydrogens is 230 g/mol. The second kappa shape index (κ2) is 5.46. The van der Waals surface area contributed by atoms with Gasteiger partial charge in [-0.15, -0.1) is 0 Å². The van der Waals surface area contributed by atoms with E-state index in [-0.39, 0.29) is 23.9 Å². The Hall–Kier alpha value is -1.46. The highest BCUT2D eigenvalue weighted by Crippen LogP contribution is 2.22. The molecule has 5 nitrogen and oxygen atoms in total. The lowest BCUT2D eigenvalue weighted by atomic mass is 10.0. The van der Waals surface area contributed by atoms with Crippen molar-refractivity contribution >= 4 is 5.91 Å². The molecule has 2 N–H and O–H groups in total. The minimum atomic E-state index is -0.223. The van der Waals surface area contributed by atoms with E-state index in [1.165, 1.54) is 0 Å². The first-order chi connectivity index (χ1) is 8.61. The Morgan fingerprint density at radius 1 is 1.50 bits per heavy atom. The SMILES string of the molecule is CC(c1ccncc1)N(C)C(=O)C1COCC1N. The summed E-state index contributed by atoms with van der Waals surface area (Å²) in [6.07, 6.45) is 3.46. The Bertz CT molecular complexity index is 410. The molecule has 1 aromatic heterocycles. The van der Waals surface area contributed by atoms with Crippen LogP contribution in [-0.2, 0) is 9.53 Å². The summed E-state index contributed by atoms with van der Waals surface area (Å²) in [7, 11) is 1.80. The average Bonchev–Trinajstić information content (AvgIpc) is 2.83. The standard InChI is InChI=1S/C13H19N3O2/c1-9(10-3-5-15-6-4-10)16(2)13(17)11-7-18-8-12(11)14/h3-6,9,11-12H,7-8,14H2,1-2H3. The van der Waals surface area contributed by atoms with Crippen molar-refractivity contribution in [2.24, 2.45) is 11.7 Å². The first kappa shape index (κ1) is 13.0. The maximum Gasteiger partial charge on any atom is 0.229 e. The maximum absolute atomic E-state index is 12.3. The van der Waals surface area contributed by atoms with Gasteiger partial charge in [-0.1, -0.05) is 0 Å². The van der Waals surface area contributed by atoms with Crippen LogP contribution in [0, 0.1) is 5.92 Å². The minimum absolute atomic E-state index is 0.00769. The van der Waals surface area contributed by atoms with Crippen molar-refractivity contribution in [3.8, 4) is 0 Å². The summed E-state index contributed by atoms with van der Waals surface area (Å²) in [5, 5.41) is 0. The number of ether oxygens (including phenoxy) is 1. The van der Waals surface area contributed by atoms with Gasteiger partial charge in [0.1, 0.15) is 0 Å². The molecule has 0 saturated carbocycles. The number of amides is 1. The lowest BCUT2D eigenvalue weighted by Crippen LogP contribution is -2.42. The number of carbonyl (C=O) groups is 1. The van der Waals surface area contributed by atoms with Crippen LogP contribution in [-0.4, -0.2) is 42.1 Å². The highest BCUT2D eigenvalue weighted by molar-refractivity contribution is 5.80. The molecule has 1 amide bonds. The van der Waals surface area contributed by atoms with Crippen LogP contribution < -0.4 is 5.73 Å². The highest BCUT2D eigenvalue weighted by Gasteiger charge is 2.34. The number of carbonyl (C=O) groups excluding carboxylic acids is 1. The smallest absolute Gasteiger partial charge is 0.229 e. The van der Waals surface area contributed by atoms with Crippen molar-refractivity contribution in [3.05, 3.63) is 30.1 Å². The van der Waals surface area contributed by atoms with Crippen LogP contribution in [0.1, 0.15) is 18.5 Å². The maximum atomic E-state index is 12.3. The lowest BCUT2D eigenvalue weighted by Gasteiger charge is -2.28. The summed E-state index contributed by atoms with van der Waals surface area (Å²) < 4.78 is 5.24. The largest absolute Gasteiger partial charge is 0.379 e. The zero-order valence-electron chi connectivity index (χ0n) is 10.7. The lowest BCUT2D eigenvalue weighted by molar-refractivity contribution is -0.136. The summed E-state index contributed by atoms with van der Waals surface area (Å²) in [5.41, 5.74) is 6.94. The second-order valence-corrected chi connectivity index (χ2v) is 4.71. The quantitative estimate of drug-likeness (QED) is 0.850. The Morgan fingerprint density at radius 2 is 2.17 bits per heavy atom. The number of nitrogens with two attached hydrogens (primary N) is 1. The number of rotatable bonds is 3. The van der Waals surface area contributed by atoms with Crippen LogP contribution in [0.5, 0.6) is 0 Å². The van der Waals surface area contributed by atoms with Gasteiger partial charge >= 0.3 is 0 Å². The fraction of sp³-hybridized carbons (Fsp3) is 0.538. The fourth-order valence-corrected chi connectivity index (χ4v) is 2.14. The molecule has 0 bridgehead atoms. The summed E-state index contributed by atoms with van der Waals surface area (Å²) in [5.74, 6) is -0.177. The number of hydrogen-bond acceptors (Lipinski definition) is 4. The molecule has 0 aromatic carbocycles. The van der Waals surface area contributed by atoms with E-state index >= 15 is 0 Å². The van der Waals surface area contributed by atoms with Crippen molar-refractivity contribution in [1.29, 1.82) is 0 Å². The summed E-state index contributed by atoms with van der Waals surface area (Å²) >= 11 is 0. The van der Waals surface area contributed by atoms with Crippen LogP contribution in [0.3, 0.4) is 0 Å². The Kier molecular flexibility index (Phi) is 3.93. The normalized spacial score (nSPS) is 24.8. The van der Waals surface area contributed by atoms with E-state index in [0.717, 1.165) is 5.56 Å². The molecule has 18 heavy (non-hydrogen) atoms. The predicted molar refractivity (Wildman–Crippen MR) is 67.7 cm³/mol. The zero-order valence-corrected chi connectivity index (χ0v) is 10.7. The third kappa shape index (κ3) is 2.52. The van der Waals surface area contributed by atoms with Gasteiger partial charge in [-0.2, -0.15) is 0 Å². The number of hydrogen-bond donors (Lipinski definition) is 1. The van der Waals surface area contributed by atoms with Crippen molar-refractivity contribution in [3.63, 3.8) is 0 Å². The molecule has 1 aromatic rings. The number of pyridine rings is 1. The summed E-state index contributed by atoms with van der Waals surface area (Å²) in [4.78, 5) is 18.0. The Morgan fingerprint density at radius 3 is 2.72 bits per heavy atom. The van der Waals surface area contributed by atoms with E-state index < -0.39 is 0 Å². The average molecular weight is 249 g/mol. The van der Waals surface area contributed by atoms with Gasteiger partial charge in [-0.3, -0.25) is 9.78 Å². The van der Waals surface area contributed by atoms with Crippen LogP contribution in [0.4, 0.5) is 0 Å². The van der Waals surface area contributed by atoms with Crippen LogP contribution in [0.25, 0.3) is 0 Å². The van der Waals surface area contributed by atoms with Crippen molar-refractivity contribution in [1.82, 2.24) is 9.88 Å². The molecule has 1 saturated heterocycles. The molecule has 0 radical (unpaired) electrons. The number of nitrogens with zero attached hydrogens (tertiary/aromatic N) is 2. The van der Waals surface area contributed by atoms with Gasteiger partial charge in [0.15, 0.2) is 0 Å². The second-order valence-electron chi connectivity index (χ2n) is 4.71. The predicted octanol–water partition coefficient (Wildman–Crippen LogP) is 0.575. The highest BCUT2D eigenvalue weighted by atomic mass is 16.5. The van der Waals surface area contributed by atoms with Crippen molar-refractivity contribution in [2.75, 3.05) is 20.3 Å². The van der Waals surface area contributed by atoms with Gasteiger partial charge in [-0.25, -0.2) is 0 Å². The number of aromatic nitrogens is 1. The third-order valence-electron chi connectivity index (χ3n) is 3.56. The molecule has 2 heterocycles. The first-order valence-corrected chi connectivity index (χ1v) is 6.11. The van der Waals surface area contributed by atoms with Gasteiger partial charge in [0, 0.05) is 25.5 Å². The molecule has 3 unspecified atom stereocenters. The van der Waals surface area contributed by atoms with E-state index in [1.54, 1.807) is 24.3 Å². The van der Waals surface area contributed by atoms with E-state index in [0.29, 0.717) is 13.2 Å². The molecular formula is C13H19N3O2. The minimum Gasteiger partial charge on any atom is -0.379 e. The topological polar surface area (TPSA) is 68.5 Å². The molecule has 0 spiro atoms. The zero-order chi connectivity index (χ0) is 13.1. The van der Waals surface area contributed by atoms with Crippen molar-refractivity contribution < 1.29 is 9.53 Å². The van der Waals surface area contributed by atoms with Crippen LogP contribution in [0.15, 0.2) is 24.5 Å². The molecule has 98 valence electrons. The monoisotopic (exact) mass is 249 g/mol. The summed E-state index contributed by atoms with van der Waals surface area (Å²) in [6, 6.07) is 3.65. The van der Waals surface area contributed by atoms with Crippen molar-refractivity contribution in [2.45, 2.75) is 19.0 Å². The molecule has 5 heteroatoms. The van der Waals surface area contributed by atoms with Gasteiger partial charge in [0.25, 0.3) is 0 Å². The van der Waals surface area contributed by atoms with E-state index in [9.17, 15) is 4.79 Å². The third-order valence-corrected chi connectivity index (χ3v) is 3.56. The Balaban J connectivity index is 2.07. The van der Waals surface area contributed by atoms with E-state index in [2.05, 4.69) is 4.98 Å². The summed E-state index contributed by atoms with van der Waals surface area (Å²) in [6.45, 7) is 2.88. The van der Waals surface area contributed by atoms with Crippen LogP contribution in [0.2, 0.25) is 0 Å². The molecule has 1 fully saturated rings. The van der Waals surface area contributed by atoms with E-state index in [4.69, 9.17) is 10.5 Å². The molecule has 2 rings (SSSR count). The Labute approximate surface area is 107 Å². The fourth-order valence-electron chi connectivity index (χ4n) is 2.14. The van der Waals surface area contributed by atoms with E-state index in [1.807, 2.05) is 19.1 Å². The molecule has 1 aliphatic heterocycles. The molecule has 1 aliphatic rings. The van der Waals surface area contributed by atoms with Gasteiger partial charge in [0.2, 0.25) is 5.91 Å². The molecule has 0 aliphatic carbocycles. The first-order valence-electron chi connectivity index (χ1n) is 6.11. The molecule has 3 atom stereocenters.